The van der Waals surface area contributed by atoms with Crippen LogP contribution in [-0.4, -0.2) is 27.8 Å². The summed E-state index contributed by atoms with van der Waals surface area (Å²) in [7, 11) is 0. The molecule has 0 radical (unpaired) electrons. The van der Waals surface area contributed by atoms with Gasteiger partial charge in [0.2, 0.25) is 11.8 Å². The highest BCUT2D eigenvalue weighted by atomic mass is 16.4. The zero-order chi connectivity index (χ0) is 15.2. The predicted octanol–water partition coefficient (Wildman–Crippen LogP) is 2.35. The van der Waals surface area contributed by atoms with Crippen LogP contribution in [-0.2, 0) is 16.8 Å². The van der Waals surface area contributed by atoms with Gasteiger partial charge in [0.1, 0.15) is 0 Å². The van der Waals surface area contributed by atoms with Gasteiger partial charge in [0, 0.05) is 11.8 Å². The lowest BCUT2D eigenvalue weighted by atomic mass is 9.97. The second kappa shape index (κ2) is 7.38. The molecule has 1 aromatic rings. The van der Waals surface area contributed by atoms with Crippen LogP contribution < -0.4 is 5.32 Å². The first-order valence-corrected chi connectivity index (χ1v) is 7.04. The summed E-state index contributed by atoms with van der Waals surface area (Å²) in [4.78, 5) is 10.5. The second-order valence-corrected chi connectivity index (χ2v) is 6.25. The predicted molar refractivity (Wildman–Crippen MR) is 75.4 cm³/mol. The normalized spacial score (nSPS) is 13.4. The third kappa shape index (κ3) is 6.14. The molecule has 1 heterocycles. The molecule has 6 nitrogen and oxygen atoms in total. The number of nitrogens with zero attached hydrogens (tertiary/aromatic N) is 2. The average Bonchev–Trinajstić information content (AvgIpc) is 2.80. The molecule has 0 saturated heterocycles. The Bertz CT molecular complexity index is 424. The van der Waals surface area contributed by atoms with Crippen molar-refractivity contribution in [2.45, 2.75) is 58.9 Å². The molecule has 0 aliphatic rings. The fourth-order valence-corrected chi connectivity index (χ4v) is 1.69. The standard InChI is InChI=1S/C14H25N3O3/c1-10(5-6-12(18)19)7-8-15-9-11-16-17-13(20-11)14(2,3)4/h10,15H,5-9H2,1-4H3,(H,18,19). The van der Waals surface area contributed by atoms with Crippen LogP contribution in [0.3, 0.4) is 0 Å². The van der Waals surface area contributed by atoms with Gasteiger partial charge in [-0.2, -0.15) is 0 Å². The number of aromatic nitrogens is 2. The van der Waals surface area contributed by atoms with E-state index in [1.807, 2.05) is 20.8 Å². The average molecular weight is 283 g/mol. The Morgan fingerprint density at radius 2 is 2.05 bits per heavy atom. The lowest BCUT2D eigenvalue weighted by molar-refractivity contribution is -0.137. The first kappa shape index (κ1) is 16.6. The molecule has 1 aromatic heterocycles. The first-order chi connectivity index (χ1) is 9.29. The van der Waals surface area contributed by atoms with Gasteiger partial charge in [-0.3, -0.25) is 4.79 Å². The van der Waals surface area contributed by atoms with Crippen LogP contribution in [0.15, 0.2) is 4.42 Å². The van der Waals surface area contributed by atoms with Crippen molar-refractivity contribution in [3.05, 3.63) is 11.8 Å². The van der Waals surface area contributed by atoms with E-state index in [-0.39, 0.29) is 11.8 Å². The molecule has 1 rings (SSSR count). The lowest BCUT2D eigenvalue weighted by Crippen LogP contribution is -2.17. The number of hydrogen-bond donors (Lipinski definition) is 2. The maximum absolute atomic E-state index is 10.5. The molecule has 114 valence electrons. The summed E-state index contributed by atoms with van der Waals surface area (Å²) >= 11 is 0. The molecule has 0 aliphatic carbocycles. The van der Waals surface area contributed by atoms with E-state index in [4.69, 9.17) is 9.52 Å². The van der Waals surface area contributed by atoms with Crippen LogP contribution in [0.25, 0.3) is 0 Å². The van der Waals surface area contributed by atoms with Crippen LogP contribution in [0.5, 0.6) is 0 Å². The minimum absolute atomic E-state index is 0.128. The molecule has 0 spiro atoms. The Kier molecular flexibility index (Phi) is 6.13. The minimum Gasteiger partial charge on any atom is -0.481 e. The van der Waals surface area contributed by atoms with Gasteiger partial charge in [-0.05, 0) is 25.3 Å². The Labute approximate surface area is 120 Å². The van der Waals surface area contributed by atoms with Crippen molar-refractivity contribution in [1.29, 1.82) is 0 Å². The Morgan fingerprint density at radius 3 is 2.60 bits per heavy atom. The smallest absolute Gasteiger partial charge is 0.303 e. The van der Waals surface area contributed by atoms with Gasteiger partial charge in [-0.15, -0.1) is 10.2 Å². The molecule has 0 fully saturated rings. The molecule has 0 aromatic carbocycles. The van der Waals surface area contributed by atoms with Crippen molar-refractivity contribution in [3.8, 4) is 0 Å². The van der Waals surface area contributed by atoms with Crippen LogP contribution in [0.1, 0.15) is 58.7 Å². The maximum atomic E-state index is 10.5. The van der Waals surface area contributed by atoms with Crippen molar-refractivity contribution in [1.82, 2.24) is 15.5 Å². The first-order valence-electron chi connectivity index (χ1n) is 7.04. The molecule has 0 amide bonds. The summed E-state index contributed by atoms with van der Waals surface area (Å²) < 4.78 is 5.57. The van der Waals surface area contributed by atoms with Crippen LogP contribution >= 0.6 is 0 Å². The molecule has 0 bridgehead atoms. The fraction of sp³-hybridized carbons (Fsp3) is 0.786. The largest absolute Gasteiger partial charge is 0.481 e. The summed E-state index contributed by atoms with van der Waals surface area (Å²) in [5, 5.41) is 19.9. The molecule has 0 saturated carbocycles. The van der Waals surface area contributed by atoms with E-state index < -0.39 is 5.97 Å². The SMILES string of the molecule is CC(CCNCc1nnc(C(C)(C)C)o1)CCC(=O)O. The van der Waals surface area contributed by atoms with Gasteiger partial charge in [-0.25, -0.2) is 0 Å². The molecule has 0 aliphatic heterocycles. The number of rotatable bonds is 8. The quantitative estimate of drug-likeness (QED) is 0.712. The van der Waals surface area contributed by atoms with Crippen LogP contribution in [0.2, 0.25) is 0 Å². The highest BCUT2D eigenvalue weighted by Crippen LogP contribution is 2.20. The number of nitrogens with one attached hydrogen (secondary N) is 1. The third-order valence-corrected chi connectivity index (χ3v) is 3.05. The van der Waals surface area contributed by atoms with E-state index in [2.05, 4.69) is 22.4 Å². The van der Waals surface area contributed by atoms with E-state index in [0.717, 1.165) is 13.0 Å². The van der Waals surface area contributed by atoms with E-state index in [9.17, 15) is 4.79 Å². The number of carboxylic acids is 1. The number of hydrogen-bond acceptors (Lipinski definition) is 5. The van der Waals surface area contributed by atoms with Crippen molar-refractivity contribution in [2.75, 3.05) is 6.54 Å². The fourth-order valence-electron chi connectivity index (χ4n) is 1.69. The second-order valence-electron chi connectivity index (χ2n) is 6.25. The summed E-state index contributed by atoms with van der Waals surface area (Å²) in [5.74, 6) is 0.897. The topological polar surface area (TPSA) is 88.3 Å². The molecular weight excluding hydrogens is 258 g/mol. The third-order valence-electron chi connectivity index (χ3n) is 3.05. The van der Waals surface area contributed by atoms with Gasteiger partial charge in [0.15, 0.2) is 0 Å². The maximum Gasteiger partial charge on any atom is 0.303 e. The van der Waals surface area contributed by atoms with Gasteiger partial charge < -0.3 is 14.8 Å². The zero-order valence-corrected chi connectivity index (χ0v) is 12.8. The number of carboxylic acid groups (broad SMARTS) is 1. The monoisotopic (exact) mass is 283 g/mol. The van der Waals surface area contributed by atoms with Crippen molar-refractivity contribution >= 4 is 5.97 Å². The number of aliphatic carboxylic acids is 1. The van der Waals surface area contributed by atoms with E-state index in [0.29, 0.717) is 30.7 Å². The summed E-state index contributed by atoms with van der Waals surface area (Å²) in [6, 6.07) is 0. The van der Waals surface area contributed by atoms with Gasteiger partial charge in [0.05, 0.1) is 6.54 Å². The van der Waals surface area contributed by atoms with Crippen molar-refractivity contribution in [3.63, 3.8) is 0 Å². The van der Waals surface area contributed by atoms with E-state index in [1.165, 1.54) is 0 Å². The summed E-state index contributed by atoms with van der Waals surface area (Å²) in [6.45, 7) is 9.52. The molecule has 1 atom stereocenters. The van der Waals surface area contributed by atoms with Gasteiger partial charge >= 0.3 is 5.97 Å². The molecule has 1 unspecified atom stereocenters. The van der Waals surface area contributed by atoms with E-state index in [1.54, 1.807) is 0 Å². The van der Waals surface area contributed by atoms with E-state index >= 15 is 0 Å². The molecule has 2 N–H and O–H groups in total. The molecular formula is C14H25N3O3. The van der Waals surface area contributed by atoms with Crippen LogP contribution in [0.4, 0.5) is 0 Å². The van der Waals surface area contributed by atoms with Crippen LogP contribution in [0, 0.1) is 5.92 Å². The molecule has 20 heavy (non-hydrogen) atoms. The van der Waals surface area contributed by atoms with Gasteiger partial charge in [0.25, 0.3) is 0 Å². The van der Waals surface area contributed by atoms with Crippen molar-refractivity contribution < 1.29 is 14.3 Å². The molecule has 6 heteroatoms. The van der Waals surface area contributed by atoms with Gasteiger partial charge in [-0.1, -0.05) is 27.7 Å². The number of carbonyl (C=O) groups is 1. The lowest BCUT2D eigenvalue weighted by Gasteiger charge is -2.11. The Morgan fingerprint density at radius 1 is 1.35 bits per heavy atom. The van der Waals surface area contributed by atoms with Crippen molar-refractivity contribution in [2.24, 2.45) is 5.92 Å². The highest BCUT2D eigenvalue weighted by molar-refractivity contribution is 5.66. The Hall–Kier alpha value is -1.43. The minimum atomic E-state index is -0.731. The Balaban J connectivity index is 2.21. The summed E-state index contributed by atoms with van der Waals surface area (Å²) in [6.07, 6.45) is 1.89. The highest BCUT2D eigenvalue weighted by Gasteiger charge is 2.21. The zero-order valence-electron chi connectivity index (χ0n) is 12.8. The summed E-state index contributed by atoms with van der Waals surface area (Å²) in [5.41, 5.74) is -0.128.